The molecule has 4 nitrogen and oxygen atoms in total. The van der Waals surface area contributed by atoms with Crippen LogP contribution in [0, 0.1) is 33.6 Å². The Labute approximate surface area is 392 Å². The van der Waals surface area contributed by atoms with E-state index in [1.165, 1.54) is 6.20 Å². The second-order valence-corrected chi connectivity index (χ2v) is 17.2. The molecule has 8 aromatic rings. The largest absolute Gasteiger partial charge is 0.507 e. The number of aromatic nitrogens is 3. The molecule has 0 amide bonds. The van der Waals surface area contributed by atoms with E-state index in [0.717, 1.165) is 27.8 Å². The van der Waals surface area contributed by atoms with Crippen molar-refractivity contribution in [3.05, 3.63) is 166 Å². The molecule has 0 radical (unpaired) electrons. The van der Waals surface area contributed by atoms with E-state index < -0.39 is 54.7 Å². The Morgan fingerprint density at radius 3 is 2.18 bits per heavy atom. The predicted octanol–water partition coefficient (Wildman–Crippen LogP) is 15.0. The normalized spacial score (nSPS) is 15.0. The van der Waals surface area contributed by atoms with Crippen molar-refractivity contribution < 1.29 is 41.3 Å². The van der Waals surface area contributed by atoms with Crippen LogP contribution in [0.5, 0.6) is 5.75 Å². The van der Waals surface area contributed by atoms with Gasteiger partial charge in [-0.1, -0.05) is 138 Å². The molecule has 0 unspecified atom stereocenters. The van der Waals surface area contributed by atoms with Gasteiger partial charge in [-0.15, -0.1) is 29.3 Å². The maximum atomic E-state index is 11.8. The fourth-order valence-electron chi connectivity index (χ4n) is 8.02. The van der Waals surface area contributed by atoms with E-state index in [2.05, 4.69) is 45.7 Å². The number of benzene rings is 6. The van der Waals surface area contributed by atoms with Gasteiger partial charge in [-0.05, 0) is 125 Å². The van der Waals surface area contributed by atoms with Crippen molar-refractivity contribution in [2.45, 2.75) is 93.2 Å². The minimum Gasteiger partial charge on any atom is -0.507 e. The van der Waals surface area contributed by atoms with Crippen molar-refractivity contribution in [1.29, 1.82) is 0 Å². The maximum Gasteiger partial charge on any atom is 0.148 e. The third-order valence-electron chi connectivity index (χ3n) is 11.1. The number of imidazole rings is 1. The molecule has 1 N–H and O–H groups in total. The van der Waals surface area contributed by atoms with Gasteiger partial charge in [-0.25, -0.2) is 4.98 Å². The van der Waals surface area contributed by atoms with Gasteiger partial charge in [0.05, 0.1) is 27.8 Å². The van der Waals surface area contributed by atoms with Gasteiger partial charge in [-0.2, -0.15) is 0 Å². The van der Waals surface area contributed by atoms with Crippen molar-refractivity contribution in [2.75, 3.05) is 0 Å². The number of phenols is 1. The Hall–Kier alpha value is -5.57. The Bertz CT molecular complexity index is 3400. The zero-order valence-corrected chi connectivity index (χ0v) is 38.2. The number of nitrogens with zero attached hydrogens (tertiary/aromatic N) is 3. The van der Waals surface area contributed by atoms with Crippen LogP contribution in [0.1, 0.15) is 114 Å². The first kappa shape index (κ1) is 31.3. The molecule has 0 aliphatic heterocycles. The third kappa shape index (κ3) is 8.40. The number of aromatic hydroxyl groups is 1. The van der Waals surface area contributed by atoms with Crippen LogP contribution in [0.4, 0.5) is 0 Å². The van der Waals surface area contributed by atoms with Crippen LogP contribution in [0.25, 0.3) is 72.7 Å². The molecule has 0 bridgehead atoms. The van der Waals surface area contributed by atoms with Crippen LogP contribution in [-0.2, 0) is 26.5 Å². The fourth-order valence-corrected chi connectivity index (χ4v) is 8.02. The van der Waals surface area contributed by atoms with Crippen molar-refractivity contribution >= 4 is 11.0 Å². The zero-order valence-electron chi connectivity index (χ0n) is 46.9. The van der Waals surface area contributed by atoms with E-state index in [4.69, 9.17) is 20.1 Å². The molecule has 2 heterocycles. The van der Waals surface area contributed by atoms with Crippen LogP contribution < -0.4 is 0 Å². The molecule has 0 spiro atoms. The van der Waals surface area contributed by atoms with Crippen molar-refractivity contribution in [3.8, 4) is 67.5 Å². The molecule has 0 saturated heterocycles. The standard InChI is InChI=1S/C56H56N3O.Pt/c1-33(2)45-14-12-15-46(34(3)4)52(45)41-22-23-50(37(7)28-41)59-51-17-13-16-47(53(51)58-55(59)48-27-36(6)26-38(8)54(48)60)42-29-43(31-44(30-42)56(9,10)11)49-32-40(24-25-57-49)39-20-18-35(5)19-21-39;/h12-28,30-34,60H,1-11H3;/q-1;/i5D3,7D3,18D,19D,20D,21D,33D;. The summed E-state index contributed by atoms with van der Waals surface area (Å²) < 4.78 is 96.4. The fraction of sp³-hybridized carbons (Fsp3) is 0.250. The average molecular weight is 993 g/mol. The third-order valence-corrected chi connectivity index (χ3v) is 11.1. The second-order valence-electron chi connectivity index (χ2n) is 17.2. The number of para-hydroxylation sites is 1. The number of fused-ring (bicyclic) bond motifs is 1. The average Bonchev–Trinajstić information content (AvgIpc) is 3.67. The zero-order chi connectivity index (χ0) is 52.0. The number of hydrogen-bond donors (Lipinski definition) is 1. The summed E-state index contributed by atoms with van der Waals surface area (Å²) in [6.45, 7) is 12.3. The van der Waals surface area contributed by atoms with Crippen molar-refractivity contribution in [3.63, 3.8) is 0 Å². The summed E-state index contributed by atoms with van der Waals surface area (Å²) in [6, 6.07) is 29.2. The van der Waals surface area contributed by atoms with Crippen LogP contribution in [-0.4, -0.2) is 19.6 Å². The molecule has 0 aliphatic carbocycles. The summed E-state index contributed by atoms with van der Waals surface area (Å²) >= 11 is 0. The Morgan fingerprint density at radius 1 is 0.738 bits per heavy atom. The number of pyridine rings is 1. The molecule has 5 heteroatoms. The molecule has 312 valence electrons. The molecule has 0 aliphatic rings. The quantitative estimate of drug-likeness (QED) is 0.154. The molecule has 0 fully saturated rings. The van der Waals surface area contributed by atoms with E-state index in [1.54, 1.807) is 28.8 Å². The molecule has 0 atom stereocenters. The Balaban J connectivity index is 0.00000760. The smallest absolute Gasteiger partial charge is 0.148 e. The first-order chi connectivity index (χ1) is 33.0. The second kappa shape index (κ2) is 17.1. The molecule has 8 rings (SSSR count). The van der Waals surface area contributed by atoms with Crippen LogP contribution in [0.15, 0.2) is 121 Å². The van der Waals surface area contributed by atoms with Gasteiger partial charge < -0.3 is 5.11 Å². The van der Waals surface area contributed by atoms with Gasteiger partial charge >= 0.3 is 0 Å². The van der Waals surface area contributed by atoms with Gasteiger partial charge in [0.15, 0.2) is 0 Å². The van der Waals surface area contributed by atoms with E-state index in [0.29, 0.717) is 67.2 Å². The van der Waals surface area contributed by atoms with E-state index in [9.17, 15) is 5.11 Å². The summed E-state index contributed by atoms with van der Waals surface area (Å²) in [7, 11) is 0. The minimum absolute atomic E-state index is 0. The van der Waals surface area contributed by atoms with E-state index >= 15 is 0 Å². The van der Waals surface area contributed by atoms with Crippen LogP contribution in [0.3, 0.4) is 0 Å². The molecule has 0 saturated carbocycles. The summed E-state index contributed by atoms with van der Waals surface area (Å²) in [5.41, 5.74) is 8.93. The molecular weight excluding hydrogens is 926 g/mol. The van der Waals surface area contributed by atoms with Gasteiger partial charge in [0.25, 0.3) is 0 Å². The topological polar surface area (TPSA) is 50.9 Å². The number of rotatable bonds is 8. The first-order valence-electron chi connectivity index (χ1n) is 25.8. The van der Waals surface area contributed by atoms with Gasteiger partial charge in [-0.3, -0.25) is 9.55 Å². The van der Waals surface area contributed by atoms with Crippen molar-refractivity contribution in [1.82, 2.24) is 14.5 Å². The summed E-state index contributed by atoms with van der Waals surface area (Å²) in [6.07, 6.45) is 1.50. The van der Waals surface area contributed by atoms with Gasteiger partial charge in [0.2, 0.25) is 0 Å². The predicted molar refractivity (Wildman–Crippen MR) is 252 cm³/mol. The van der Waals surface area contributed by atoms with Crippen LogP contribution in [0.2, 0.25) is 0 Å². The van der Waals surface area contributed by atoms with E-state index in [-0.39, 0.29) is 43.9 Å². The first-order valence-corrected chi connectivity index (χ1v) is 20.3. The minimum atomic E-state index is -2.85. The molecule has 6 aromatic carbocycles. The molecule has 2 aromatic heterocycles. The number of phenolic OH excluding ortho intramolecular Hbond substituents is 1. The Morgan fingerprint density at radius 2 is 1.48 bits per heavy atom. The summed E-state index contributed by atoms with van der Waals surface area (Å²) in [4.78, 5) is 10.0. The van der Waals surface area contributed by atoms with Crippen LogP contribution >= 0.6 is 0 Å². The molecular formula is C56H56N3OPt-. The monoisotopic (exact) mass is 992 g/mol. The van der Waals surface area contributed by atoms with Gasteiger partial charge in [0, 0.05) is 42.6 Å². The number of hydrogen-bond acceptors (Lipinski definition) is 3. The SMILES string of the molecule is [2H]c1c([2H])c(C([2H])([2H])[2H])c([2H])c([2H])c1-c1ccnc(-c2[c-]c(-c3cccc4c3nc(-c3cc(C)cc(C)c3O)n4-c3ccc(-c4c(C(C)C)cccc4C([2H])(C)C)cc3C([2H])([2H])[2H])cc(C(C)(C)C)c2)c1.[Pt]. The maximum absolute atomic E-state index is 11.8. The van der Waals surface area contributed by atoms with Crippen molar-refractivity contribution in [2.24, 2.45) is 0 Å². The van der Waals surface area contributed by atoms with Gasteiger partial charge in [0.1, 0.15) is 11.6 Å². The number of aryl methyl sites for hydroxylation is 3. The van der Waals surface area contributed by atoms with E-state index in [1.807, 2.05) is 94.4 Å². The molecule has 61 heavy (non-hydrogen) atoms. The summed E-state index contributed by atoms with van der Waals surface area (Å²) in [5.74, 6) is -0.598. The summed E-state index contributed by atoms with van der Waals surface area (Å²) in [5, 5.41) is 11.8. The Kier molecular flexibility index (Phi) is 8.75.